The van der Waals surface area contributed by atoms with Gasteiger partial charge >= 0.3 is 11.9 Å². The molecule has 138 valence electrons. The maximum absolute atomic E-state index is 10.3. The van der Waals surface area contributed by atoms with E-state index in [9.17, 15) is 9.59 Å². The molecule has 0 spiro atoms. The molecule has 2 atom stereocenters. The summed E-state index contributed by atoms with van der Waals surface area (Å²) < 4.78 is 0. The van der Waals surface area contributed by atoms with Gasteiger partial charge in [-0.25, -0.2) is 0 Å². The third-order valence-electron chi connectivity index (χ3n) is 4.21. The van der Waals surface area contributed by atoms with Crippen molar-refractivity contribution < 1.29 is 19.8 Å². The van der Waals surface area contributed by atoms with E-state index < -0.39 is 11.9 Å². The monoisotopic (exact) mass is 330 g/mol. The molecular weight excluding hydrogens is 292 g/mol. The van der Waals surface area contributed by atoms with E-state index in [-0.39, 0.29) is 0 Å². The highest BCUT2D eigenvalue weighted by Gasteiger charge is 2.07. The molecule has 0 radical (unpaired) electrons. The van der Waals surface area contributed by atoms with Gasteiger partial charge in [0.1, 0.15) is 0 Å². The van der Waals surface area contributed by atoms with Crippen LogP contribution >= 0.6 is 0 Å². The Balaban J connectivity index is 0. The molecule has 0 aliphatic carbocycles. The second-order valence-electron chi connectivity index (χ2n) is 6.53. The van der Waals surface area contributed by atoms with E-state index in [0.29, 0.717) is 24.7 Å². The van der Waals surface area contributed by atoms with Crippen LogP contribution in [0.5, 0.6) is 0 Å². The van der Waals surface area contributed by atoms with E-state index in [2.05, 4.69) is 27.7 Å². The minimum atomic E-state index is -0.673. The molecule has 4 heteroatoms. The van der Waals surface area contributed by atoms with Gasteiger partial charge in [-0.15, -0.1) is 0 Å². The van der Waals surface area contributed by atoms with Gasteiger partial charge in [0.15, 0.2) is 0 Å². The Morgan fingerprint density at radius 3 is 1.70 bits per heavy atom. The van der Waals surface area contributed by atoms with Gasteiger partial charge in [0, 0.05) is 12.8 Å². The Kier molecular flexibility index (Phi) is 18.2. The average molecular weight is 331 g/mol. The molecule has 4 nitrogen and oxygen atoms in total. The summed E-state index contributed by atoms with van der Waals surface area (Å²) in [5.74, 6) is -0.134. The highest BCUT2D eigenvalue weighted by molar-refractivity contribution is 5.66. The molecular formula is C19H38O4. The van der Waals surface area contributed by atoms with Crippen molar-refractivity contribution in [2.75, 3.05) is 0 Å². The molecule has 0 saturated heterocycles. The summed E-state index contributed by atoms with van der Waals surface area (Å²) in [5, 5.41) is 16.9. The molecule has 0 aliphatic rings. The number of carboxylic acids is 2. The minimum absolute atomic E-state index is 0.324. The predicted octanol–water partition coefficient (Wildman–Crippen LogP) is 5.75. The molecule has 0 fully saturated rings. The number of hydrogen-bond acceptors (Lipinski definition) is 2. The van der Waals surface area contributed by atoms with E-state index in [4.69, 9.17) is 10.2 Å². The normalized spacial score (nSPS) is 12.9. The third-order valence-corrected chi connectivity index (χ3v) is 4.21. The number of carboxylic acid groups (broad SMARTS) is 2. The smallest absolute Gasteiger partial charge is 0.303 e. The number of carbonyl (C=O) groups is 2. The number of hydrogen-bond donors (Lipinski definition) is 2. The van der Waals surface area contributed by atoms with Crippen LogP contribution in [-0.2, 0) is 9.59 Å². The Labute approximate surface area is 142 Å². The fraction of sp³-hybridized carbons (Fsp3) is 0.895. The van der Waals surface area contributed by atoms with E-state index in [0.717, 1.165) is 19.3 Å². The summed E-state index contributed by atoms with van der Waals surface area (Å²) in [6.07, 6.45) is 10.7. The summed E-state index contributed by atoms with van der Waals surface area (Å²) in [6.45, 7) is 8.59. The standard InChI is InChI=1S/C10H20O2.C9H18O2/c1-3-5-6-9(4-2)7-8-10(11)12;1-3-4-5-8(2)6-7-9(10)11/h9H,3-8H2,1-2H3,(H,11,12);8H,3-7H2,1-2H3,(H,10,11). The lowest BCUT2D eigenvalue weighted by molar-refractivity contribution is -0.138. The fourth-order valence-corrected chi connectivity index (χ4v) is 2.44. The predicted molar refractivity (Wildman–Crippen MR) is 95.7 cm³/mol. The van der Waals surface area contributed by atoms with Crippen LogP contribution in [0.3, 0.4) is 0 Å². The van der Waals surface area contributed by atoms with Gasteiger partial charge in [-0.05, 0) is 24.7 Å². The van der Waals surface area contributed by atoms with Crippen LogP contribution in [0.4, 0.5) is 0 Å². The van der Waals surface area contributed by atoms with Crippen molar-refractivity contribution in [2.24, 2.45) is 11.8 Å². The van der Waals surface area contributed by atoms with Crippen molar-refractivity contribution in [1.82, 2.24) is 0 Å². The van der Waals surface area contributed by atoms with Crippen molar-refractivity contribution in [3.05, 3.63) is 0 Å². The van der Waals surface area contributed by atoms with Crippen LogP contribution in [-0.4, -0.2) is 22.2 Å². The second-order valence-corrected chi connectivity index (χ2v) is 6.53. The lowest BCUT2D eigenvalue weighted by Gasteiger charge is -2.11. The van der Waals surface area contributed by atoms with E-state index in [1.165, 1.54) is 38.5 Å². The Hall–Kier alpha value is -1.06. The van der Waals surface area contributed by atoms with Crippen LogP contribution in [0.15, 0.2) is 0 Å². The zero-order valence-corrected chi connectivity index (χ0v) is 15.6. The van der Waals surface area contributed by atoms with Crippen LogP contribution < -0.4 is 0 Å². The Morgan fingerprint density at radius 2 is 1.26 bits per heavy atom. The van der Waals surface area contributed by atoms with Gasteiger partial charge in [0.25, 0.3) is 0 Å². The van der Waals surface area contributed by atoms with E-state index in [1.807, 2.05) is 0 Å². The van der Waals surface area contributed by atoms with Crippen LogP contribution in [0.25, 0.3) is 0 Å². The van der Waals surface area contributed by atoms with Crippen LogP contribution in [0.1, 0.15) is 98.3 Å². The van der Waals surface area contributed by atoms with Crippen LogP contribution in [0, 0.1) is 11.8 Å². The molecule has 2 unspecified atom stereocenters. The topological polar surface area (TPSA) is 74.6 Å². The maximum Gasteiger partial charge on any atom is 0.303 e. The van der Waals surface area contributed by atoms with Crippen molar-refractivity contribution >= 4 is 11.9 Å². The lowest BCUT2D eigenvalue weighted by atomic mass is 9.94. The quantitative estimate of drug-likeness (QED) is 0.451. The van der Waals surface area contributed by atoms with Crippen molar-refractivity contribution in [1.29, 1.82) is 0 Å². The van der Waals surface area contributed by atoms with Gasteiger partial charge in [0.05, 0.1) is 0 Å². The molecule has 2 N–H and O–H groups in total. The largest absolute Gasteiger partial charge is 0.481 e. The van der Waals surface area contributed by atoms with Crippen LogP contribution in [0.2, 0.25) is 0 Å². The highest BCUT2D eigenvalue weighted by Crippen LogP contribution is 2.18. The van der Waals surface area contributed by atoms with Gasteiger partial charge in [-0.3, -0.25) is 9.59 Å². The third kappa shape index (κ3) is 20.9. The number of unbranched alkanes of at least 4 members (excludes halogenated alkanes) is 2. The molecule has 0 saturated carbocycles. The molecule has 0 rings (SSSR count). The summed E-state index contributed by atoms with van der Waals surface area (Å²) in [7, 11) is 0. The first-order valence-electron chi connectivity index (χ1n) is 9.30. The number of rotatable bonds is 13. The molecule has 0 aromatic carbocycles. The van der Waals surface area contributed by atoms with Crippen molar-refractivity contribution in [3.8, 4) is 0 Å². The lowest BCUT2D eigenvalue weighted by Crippen LogP contribution is -2.03. The van der Waals surface area contributed by atoms with Gasteiger partial charge in [-0.1, -0.05) is 72.6 Å². The first-order valence-corrected chi connectivity index (χ1v) is 9.30. The zero-order chi connectivity index (χ0) is 18.1. The molecule has 0 aromatic heterocycles. The Morgan fingerprint density at radius 1 is 0.783 bits per heavy atom. The average Bonchev–Trinajstić information content (AvgIpc) is 2.51. The molecule has 0 bridgehead atoms. The number of aliphatic carboxylic acids is 2. The van der Waals surface area contributed by atoms with E-state index in [1.54, 1.807) is 0 Å². The summed E-state index contributed by atoms with van der Waals surface area (Å²) >= 11 is 0. The second kappa shape index (κ2) is 17.3. The summed E-state index contributed by atoms with van der Waals surface area (Å²) in [5.41, 5.74) is 0. The van der Waals surface area contributed by atoms with Gasteiger partial charge in [0.2, 0.25) is 0 Å². The molecule has 0 amide bonds. The van der Waals surface area contributed by atoms with Gasteiger partial charge < -0.3 is 10.2 Å². The molecule has 0 aromatic rings. The molecule has 23 heavy (non-hydrogen) atoms. The Bertz CT molecular complexity index is 289. The maximum atomic E-state index is 10.3. The minimum Gasteiger partial charge on any atom is -0.481 e. The first kappa shape index (κ1) is 24.2. The highest BCUT2D eigenvalue weighted by atomic mass is 16.4. The molecule has 0 aliphatic heterocycles. The molecule has 0 heterocycles. The van der Waals surface area contributed by atoms with Gasteiger partial charge in [-0.2, -0.15) is 0 Å². The fourth-order valence-electron chi connectivity index (χ4n) is 2.44. The zero-order valence-electron chi connectivity index (χ0n) is 15.6. The van der Waals surface area contributed by atoms with E-state index >= 15 is 0 Å². The van der Waals surface area contributed by atoms with Crippen molar-refractivity contribution in [2.45, 2.75) is 98.3 Å². The first-order chi connectivity index (χ1) is 10.9. The SMILES string of the molecule is CCCCC(C)CCC(=O)O.CCCCC(CC)CCC(=O)O. The summed E-state index contributed by atoms with van der Waals surface area (Å²) in [6, 6.07) is 0. The summed E-state index contributed by atoms with van der Waals surface area (Å²) in [4.78, 5) is 20.5. The van der Waals surface area contributed by atoms with Crippen molar-refractivity contribution in [3.63, 3.8) is 0 Å².